The summed E-state index contributed by atoms with van der Waals surface area (Å²) >= 11 is 0. The van der Waals surface area contributed by atoms with Gasteiger partial charge in [-0.1, -0.05) is 6.07 Å². The molecule has 2 rings (SSSR count). The van der Waals surface area contributed by atoms with Gasteiger partial charge in [-0.05, 0) is 51.4 Å². The van der Waals surface area contributed by atoms with Crippen LogP contribution in [0.15, 0.2) is 24.3 Å². The lowest BCUT2D eigenvalue weighted by Gasteiger charge is -2.24. The Labute approximate surface area is 121 Å². The van der Waals surface area contributed by atoms with Crippen molar-refractivity contribution in [2.45, 2.75) is 26.3 Å². The highest BCUT2D eigenvalue weighted by Gasteiger charge is 2.30. The molecule has 0 radical (unpaired) electrons. The third-order valence-corrected chi connectivity index (χ3v) is 4.24. The minimum Gasteiger partial charge on any atom is -0.508 e. The van der Waals surface area contributed by atoms with E-state index in [0.29, 0.717) is 36.8 Å². The van der Waals surface area contributed by atoms with Gasteiger partial charge in [-0.2, -0.15) is 0 Å². The molecule has 0 bridgehead atoms. The summed E-state index contributed by atoms with van der Waals surface area (Å²) in [7, 11) is 0. The van der Waals surface area contributed by atoms with Gasteiger partial charge in [-0.25, -0.2) is 0 Å². The van der Waals surface area contributed by atoms with Crippen molar-refractivity contribution >= 4 is 0 Å². The summed E-state index contributed by atoms with van der Waals surface area (Å²) in [6.45, 7) is 8.02. The molecule has 3 N–H and O–H groups in total. The quantitative estimate of drug-likeness (QED) is 0.836. The molecule has 1 aliphatic heterocycles. The molecule has 1 aromatic rings. The van der Waals surface area contributed by atoms with Crippen molar-refractivity contribution < 1.29 is 9.84 Å². The number of benzene rings is 1. The average Bonchev–Trinajstić information content (AvgIpc) is 2.89. The van der Waals surface area contributed by atoms with Crippen molar-refractivity contribution in [2.24, 2.45) is 17.6 Å². The van der Waals surface area contributed by atoms with Gasteiger partial charge in [-0.15, -0.1) is 0 Å². The maximum Gasteiger partial charge on any atom is 0.122 e. The fourth-order valence-corrected chi connectivity index (χ4v) is 2.84. The van der Waals surface area contributed by atoms with E-state index in [4.69, 9.17) is 10.5 Å². The Morgan fingerprint density at radius 1 is 1.45 bits per heavy atom. The van der Waals surface area contributed by atoms with Crippen LogP contribution in [0, 0.1) is 11.8 Å². The van der Waals surface area contributed by atoms with Crippen LogP contribution in [0.3, 0.4) is 0 Å². The molecule has 1 fully saturated rings. The lowest BCUT2D eigenvalue weighted by atomic mass is 9.92. The maximum atomic E-state index is 9.43. The molecule has 0 spiro atoms. The molecule has 0 saturated carbocycles. The van der Waals surface area contributed by atoms with Gasteiger partial charge < -0.3 is 20.5 Å². The molecule has 1 heterocycles. The Hall–Kier alpha value is -1.26. The van der Waals surface area contributed by atoms with E-state index in [1.807, 2.05) is 6.07 Å². The lowest BCUT2D eigenvalue weighted by molar-refractivity contribution is 0.187. The number of hydrogen-bond acceptors (Lipinski definition) is 4. The van der Waals surface area contributed by atoms with Crippen LogP contribution in [0.1, 0.15) is 20.3 Å². The predicted molar refractivity (Wildman–Crippen MR) is 81.0 cm³/mol. The summed E-state index contributed by atoms with van der Waals surface area (Å²) in [6.07, 6.45) is 1.20. The third-order valence-electron chi connectivity index (χ3n) is 4.24. The largest absolute Gasteiger partial charge is 0.508 e. The Bertz CT molecular complexity index is 423. The van der Waals surface area contributed by atoms with Crippen LogP contribution in [0.5, 0.6) is 11.5 Å². The van der Waals surface area contributed by atoms with Crippen molar-refractivity contribution in [3.8, 4) is 11.5 Å². The number of aromatic hydroxyl groups is 1. The number of phenols is 1. The molecular formula is C16H26N2O2. The summed E-state index contributed by atoms with van der Waals surface area (Å²) in [5, 5.41) is 9.43. The molecule has 0 aliphatic carbocycles. The van der Waals surface area contributed by atoms with Crippen LogP contribution in [-0.4, -0.2) is 42.3 Å². The first-order valence-corrected chi connectivity index (χ1v) is 7.46. The van der Waals surface area contributed by atoms with Gasteiger partial charge in [-0.3, -0.25) is 0 Å². The highest BCUT2D eigenvalue weighted by Crippen LogP contribution is 2.26. The average molecular weight is 278 g/mol. The summed E-state index contributed by atoms with van der Waals surface area (Å²) < 4.78 is 5.79. The molecule has 1 saturated heterocycles. The second kappa shape index (κ2) is 6.95. The highest BCUT2D eigenvalue weighted by molar-refractivity contribution is 5.31. The van der Waals surface area contributed by atoms with Crippen LogP contribution in [0.25, 0.3) is 0 Å². The van der Waals surface area contributed by atoms with Crippen LogP contribution in [0.2, 0.25) is 0 Å². The zero-order valence-electron chi connectivity index (χ0n) is 12.5. The van der Waals surface area contributed by atoms with Gasteiger partial charge in [0.25, 0.3) is 0 Å². The fraction of sp³-hybridized carbons (Fsp3) is 0.625. The Morgan fingerprint density at radius 2 is 2.25 bits per heavy atom. The molecule has 4 heteroatoms. The van der Waals surface area contributed by atoms with Crippen molar-refractivity contribution in [1.29, 1.82) is 0 Å². The molecule has 112 valence electrons. The van der Waals surface area contributed by atoms with Gasteiger partial charge in [0.2, 0.25) is 0 Å². The van der Waals surface area contributed by atoms with Gasteiger partial charge in [0.05, 0.1) is 6.61 Å². The SMILES string of the molecule is CC(C)N1CCC(C(CN)COc2cccc(O)c2)C1. The van der Waals surface area contributed by atoms with E-state index in [-0.39, 0.29) is 5.75 Å². The molecule has 20 heavy (non-hydrogen) atoms. The van der Waals surface area contributed by atoms with E-state index in [1.54, 1.807) is 18.2 Å². The number of phenolic OH excluding ortho intramolecular Hbond substituents is 1. The number of nitrogens with two attached hydrogens (primary N) is 1. The normalized spacial score (nSPS) is 21.3. The van der Waals surface area contributed by atoms with E-state index >= 15 is 0 Å². The van der Waals surface area contributed by atoms with E-state index in [2.05, 4.69) is 18.7 Å². The van der Waals surface area contributed by atoms with Crippen molar-refractivity contribution in [3.63, 3.8) is 0 Å². The van der Waals surface area contributed by atoms with Crippen molar-refractivity contribution in [3.05, 3.63) is 24.3 Å². The molecule has 0 aromatic heterocycles. The maximum absolute atomic E-state index is 9.43. The smallest absolute Gasteiger partial charge is 0.122 e. The second-order valence-electron chi connectivity index (χ2n) is 5.94. The number of ether oxygens (including phenoxy) is 1. The van der Waals surface area contributed by atoms with E-state index in [9.17, 15) is 5.11 Å². The van der Waals surface area contributed by atoms with Crippen LogP contribution < -0.4 is 10.5 Å². The number of hydrogen-bond donors (Lipinski definition) is 2. The molecule has 4 nitrogen and oxygen atoms in total. The topological polar surface area (TPSA) is 58.7 Å². The molecular weight excluding hydrogens is 252 g/mol. The highest BCUT2D eigenvalue weighted by atomic mass is 16.5. The minimum atomic E-state index is 0.235. The molecule has 1 aromatic carbocycles. The molecule has 1 aliphatic rings. The monoisotopic (exact) mass is 278 g/mol. The Morgan fingerprint density at radius 3 is 2.85 bits per heavy atom. The molecule has 0 amide bonds. The standard InChI is InChI=1S/C16H26N2O2/c1-12(2)18-7-6-13(10-18)14(9-17)11-20-16-5-3-4-15(19)8-16/h3-5,8,12-14,19H,6-7,9-11,17H2,1-2H3. The number of nitrogens with zero attached hydrogens (tertiary/aromatic N) is 1. The lowest BCUT2D eigenvalue weighted by Crippen LogP contribution is -2.33. The zero-order chi connectivity index (χ0) is 14.5. The van der Waals surface area contributed by atoms with Crippen molar-refractivity contribution in [1.82, 2.24) is 4.90 Å². The van der Waals surface area contributed by atoms with Gasteiger partial charge in [0.1, 0.15) is 11.5 Å². The van der Waals surface area contributed by atoms with Crippen LogP contribution in [-0.2, 0) is 0 Å². The molecule has 2 unspecified atom stereocenters. The summed E-state index contributed by atoms with van der Waals surface area (Å²) in [5.74, 6) is 1.93. The van der Waals surface area contributed by atoms with Gasteiger partial charge >= 0.3 is 0 Å². The number of likely N-dealkylation sites (tertiary alicyclic amines) is 1. The predicted octanol–water partition coefficient (Wildman–Crippen LogP) is 2.08. The van der Waals surface area contributed by atoms with Gasteiger partial charge in [0.15, 0.2) is 0 Å². The van der Waals surface area contributed by atoms with E-state index in [1.165, 1.54) is 6.42 Å². The first-order valence-electron chi connectivity index (χ1n) is 7.46. The zero-order valence-corrected chi connectivity index (χ0v) is 12.5. The second-order valence-corrected chi connectivity index (χ2v) is 5.94. The van der Waals surface area contributed by atoms with Gasteiger partial charge in [0, 0.05) is 24.6 Å². The summed E-state index contributed by atoms with van der Waals surface area (Å²) in [6, 6.07) is 7.54. The summed E-state index contributed by atoms with van der Waals surface area (Å²) in [4.78, 5) is 2.50. The van der Waals surface area contributed by atoms with Crippen LogP contribution in [0.4, 0.5) is 0 Å². The first kappa shape index (κ1) is 15.1. The fourth-order valence-electron chi connectivity index (χ4n) is 2.84. The minimum absolute atomic E-state index is 0.235. The molecule has 2 atom stereocenters. The van der Waals surface area contributed by atoms with Crippen LogP contribution >= 0.6 is 0 Å². The summed E-state index contributed by atoms with van der Waals surface area (Å²) in [5.41, 5.74) is 5.92. The first-order chi connectivity index (χ1) is 9.60. The van der Waals surface area contributed by atoms with Crippen molar-refractivity contribution in [2.75, 3.05) is 26.2 Å². The Kier molecular flexibility index (Phi) is 5.26. The third kappa shape index (κ3) is 3.87. The van der Waals surface area contributed by atoms with E-state index in [0.717, 1.165) is 13.1 Å². The van der Waals surface area contributed by atoms with E-state index < -0.39 is 0 Å². The number of rotatable bonds is 6. The Balaban J connectivity index is 1.87.